The summed E-state index contributed by atoms with van der Waals surface area (Å²) in [4.78, 5) is 32.3. The van der Waals surface area contributed by atoms with Gasteiger partial charge in [-0.25, -0.2) is 9.97 Å². The number of pyridine rings is 3. The van der Waals surface area contributed by atoms with Crippen LogP contribution >= 0.6 is 11.3 Å². The van der Waals surface area contributed by atoms with Gasteiger partial charge in [0, 0.05) is 61.7 Å². The largest absolute Gasteiger partial charge is 0.338 e. The molecule has 1 aliphatic rings. The van der Waals surface area contributed by atoms with Crippen LogP contribution in [0.4, 0.5) is 5.69 Å². The molecule has 39 heavy (non-hydrogen) atoms. The summed E-state index contributed by atoms with van der Waals surface area (Å²) in [6.07, 6.45) is 12.5. The van der Waals surface area contributed by atoms with Crippen LogP contribution in [0.3, 0.4) is 0 Å². The van der Waals surface area contributed by atoms with E-state index in [-0.39, 0.29) is 11.8 Å². The number of fused-ring (bicyclic) bond motifs is 2. The van der Waals surface area contributed by atoms with E-state index in [1.807, 2.05) is 12.3 Å². The third kappa shape index (κ3) is 4.48. The zero-order valence-corrected chi connectivity index (χ0v) is 22.3. The van der Waals surface area contributed by atoms with Gasteiger partial charge in [0.05, 0.1) is 17.6 Å². The second-order valence-corrected chi connectivity index (χ2v) is 11.5. The number of hydrogen-bond acceptors (Lipinski definition) is 6. The van der Waals surface area contributed by atoms with E-state index >= 15 is 0 Å². The van der Waals surface area contributed by atoms with Crippen molar-refractivity contribution in [2.75, 3.05) is 5.32 Å². The molecule has 1 saturated carbocycles. The number of aromatic nitrogens is 6. The van der Waals surface area contributed by atoms with Crippen molar-refractivity contribution in [2.45, 2.75) is 39.0 Å². The standard InChI is InChI=1S/C30H27N7OS/c1-17-7-8-26(39-17)22-9-10-32-28-23(22)13-25(35-28)27-24-12-20(15-33-29(24)37-36-27)19-11-21(16-31-14-19)34-30(38)18-5-3-2-4-6-18/h7-16,18H,2-6H2,1H3,(H,32,35)(H,34,38)(H,33,36,37). The lowest BCUT2D eigenvalue weighted by Gasteiger charge is -2.20. The molecule has 0 spiro atoms. The smallest absolute Gasteiger partial charge is 0.227 e. The molecule has 1 aliphatic carbocycles. The molecule has 3 N–H and O–H groups in total. The molecule has 194 valence electrons. The van der Waals surface area contributed by atoms with Gasteiger partial charge in [-0.3, -0.25) is 14.9 Å². The molecule has 1 fully saturated rings. The summed E-state index contributed by atoms with van der Waals surface area (Å²) in [6.45, 7) is 2.12. The van der Waals surface area contributed by atoms with Gasteiger partial charge in [0.2, 0.25) is 5.91 Å². The van der Waals surface area contributed by atoms with E-state index < -0.39 is 0 Å². The van der Waals surface area contributed by atoms with Gasteiger partial charge in [0.25, 0.3) is 0 Å². The molecule has 9 heteroatoms. The fourth-order valence-corrected chi connectivity index (χ4v) is 6.40. The summed E-state index contributed by atoms with van der Waals surface area (Å²) in [5, 5.41) is 12.7. The summed E-state index contributed by atoms with van der Waals surface area (Å²) in [6, 6.07) is 12.5. The number of H-pyrrole nitrogens is 2. The topological polar surface area (TPSA) is 112 Å². The average molecular weight is 534 g/mol. The van der Waals surface area contributed by atoms with Gasteiger partial charge in [-0.2, -0.15) is 5.10 Å². The summed E-state index contributed by atoms with van der Waals surface area (Å²) < 4.78 is 0. The Labute approximate surface area is 228 Å². The van der Waals surface area contributed by atoms with Crippen LogP contribution in [0.2, 0.25) is 0 Å². The fourth-order valence-electron chi connectivity index (χ4n) is 5.49. The zero-order valence-electron chi connectivity index (χ0n) is 21.5. The van der Waals surface area contributed by atoms with Crippen molar-refractivity contribution in [3.05, 3.63) is 66.1 Å². The Balaban J connectivity index is 1.22. The van der Waals surface area contributed by atoms with Crippen LogP contribution < -0.4 is 5.32 Å². The summed E-state index contributed by atoms with van der Waals surface area (Å²) in [5.41, 5.74) is 6.80. The van der Waals surface area contributed by atoms with Gasteiger partial charge in [-0.05, 0) is 56.2 Å². The number of carbonyl (C=O) groups is 1. The molecule has 0 saturated heterocycles. The van der Waals surface area contributed by atoms with Gasteiger partial charge in [0.15, 0.2) is 5.65 Å². The van der Waals surface area contributed by atoms with E-state index in [2.05, 4.69) is 72.7 Å². The normalized spacial score (nSPS) is 14.3. The van der Waals surface area contributed by atoms with E-state index in [0.29, 0.717) is 11.3 Å². The molecule has 6 heterocycles. The van der Waals surface area contributed by atoms with Gasteiger partial charge in [-0.1, -0.05) is 19.3 Å². The first kappa shape index (κ1) is 23.7. The first-order valence-electron chi connectivity index (χ1n) is 13.3. The molecule has 6 aromatic heterocycles. The first-order chi connectivity index (χ1) is 19.1. The minimum Gasteiger partial charge on any atom is -0.338 e. The number of carbonyl (C=O) groups excluding carboxylic acids is 1. The van der Waals surface area contributed by atoms with E-state index in [9.17, 15) is 4.79 Å². The average Bonchev–Trinajstić information content (AvgIpc) is 3.71. The second kappa shape index (κ2) is 9.74. The van der Waals surface area contributed by atoms with Gasteiger partial charge in [-0.15, -0.1) is 11.3 Å². The lowest BCUT2D eigenvalue weighted by molar-refractivity contribution is -0.120. The highest BCUT2D eigenvalue weighted by molar-refractivity contribution is 7.15. The summed E-state index contributed by atoms with van der Waals surface area (Å²) in [5.74, 6) is 0.174. The van der Waals surface area contributed by atoms with Crippen molar-refractivity contribution in [2.24, 2.45) is 5.92 Å². The van der Waals surface area contributed by atoms with Crippen molar-refractivity contribution in [1.82, 2.24) is 30.1 Å². The van der Waals surface area contributed by atoms with Crippen molar-refractivity contribution in [1.29, 1.82) is 0 Å². The molecule has 0 aromatic carbocycles. The highest BCUT2D eigenvalue weighted by Gasteiger charge is 2.21. The minimum absolute atomic E-state index is 0.0869. The second-order valence-electron chi connectivity index (χ2n) is 10.2. The third-order valence-electron chi connectivity index (χ3n) is 7.52. The Kier molecular flexibility index (Phi) is 5.93. The third-order valence-corrected chi connectivity index (χ3v) is 8.56. The lowest BCUT2D eigenvalue weighted by Crippen LogP contribution is -2.24. The molecule has 0 bridgehead atoms. The number of hydrogen-bond donors (Lipinski definition) is 3. The Morgan fingerprint density at radius 2 is 1.82 bits per heavy atom. The SMILES string of the molecule is Cc1ccc(-c2ccnc3[nH]c(-c4n[nH]c5ncc(-c6cncc(NC(=O)C7CCCCC7)c6)cc45)cc23)s1. The van der Waals surface area contributed by atoms with Crippen LogP contribution in [0.5, 0.6) is 0 Å². The monoisotopic (exact) mass is 533 g/mol. The van der Waals surface area contributed by atoms with Crippen LogP contribution in [0, 0.1) is 12.8 Å². The number of nitrogens with zero attached hydrogens (tertiary/aromatic N) is 4. The van der Waals surface area contributed by atoms with Crippen LogP contribution in [0.1, 0.15) is 37.0 Å². The molecule has 0 atom stereocenters. The van der Waals surface area contributed by atoms with Crippen LogP contribution in [-0.2, 0) is 4.79 Å². The van der Waals surface area contributed by atoms with Crippen molar-refractivity contribution in [3.63, 3.8) is 0 Å². The van der Waals surface area contributed by atoms with Crippen LogP contribution in [0.15, 0.2) is 61.2 Å². The number of thiophene rings is 1. The Morgan fingerprint density at radius 1 is 0.949 bits per heavy atom. The molecule has 1 amide bonds. The number of amides is 1. The van der Waals surface area contributed by atoms with Gasteiger partial charge >= 0.3 is 0 Å². The molecule has 0 unspecified atom stereocenters. The molecule has 6 aromatic rings. The zero-order chi connectivity index (χ0) is 26.3. The Hall–Kier alpha value is -4.37. The maximum atomic E-state index is 12.8. The Bertz CT molecular complexity index is 1830. The van der Waals surface area contributed by atoms with Crippen molar-refractivity contribution < 1.29 is 4.79 Å². The fraction of sp³-hybridized carbons (Fsp3) is 0.233. The maximum Gasteiger partial charge on any atom is 0.227 e. The molecular formula is C30H27N7OS. The van der Waals surface area contributed by atoms with E-state index in [4.69, 9.17) is 0 Å². The minimum atomic E-state index is 0.0869. The van der Waals surface area contributed by atoms with Crippen molar-refractivity contribution >= 4 is 45.0 Å². The number of anilines is 1. The summed E-state index contributed by atoms with van der Waals surface area (Å²) in [7, 11) is 0. The number of aryl methyl sites for hydroxylation is 1. The highest BCUT2D eigenvalue weighted by Crippen LogP contribution is 2.36. The summed E-state index contributed by atoms with van der Waals surface area (Å²) >= 11 is 1.77. The quantitative estimate of drug-likeness (QED) is 0.218. The molecular weight excluding hydrogens is 506 g/mol. The van der Waals surface area contributed by atoms with Gasteiger partial charge < -0.3 is 10.3 Å². The number of rotatable bonds is 5. The first-order valence-corrected chi connectivity index (χ1v) is 14.1. The van der Waals surface area contributed by atoms with Crippen LogP contribution in [0.25, 0.3) is 55.0 Å². The van der Waals surface area contributed by atoms with E-state index in [1.54, 1.807) is 29.9 Å². The maximum absolute atomic E-state index is 12.8. The van der Waals surface area contributed by atoms with Crippen molar-refractivity contribution in [3.8, 4) is 33.0 Å². The Morgan fingerprint density at radius 3 is 2.67 bits per heavy atom. The molecule has 7 rings (SSSR count). The van der Waals surface area contributed by atoms with Gasteiger partial charge in [0.1, 0.15) is 11.3 Å². The number of aromatic amines is 2. The highest BCUT2D eigenvalue weighted by atomic mass is 32.1. The van der Waals surface area contributed by atoms with E-state index in [1.165, 1.54) is 16.2 Å². The molecule has 0 radical (unpaired) electrons. The lowest BCUT2D eigenvalue weighted by atomic mass is 9.88. The molecule has 0 aliphatic heterocycles. The number of nitrogens with one attached hydrogen (secondary N) is 3. The van der Waals surface area contributed by atoms with Crippen LogP contribution in [-0.4, -0.2) is 36.0 Å². The van der Waals surface area contributed by atoms with E-state index in [0.717, 1.165) is 70.2 Å². The predicted molar refractivity (Wildman–Crippen MR) is 155 cm³/mol. The molecule has 8 nitrogen and oxygen atoms in total. The predicted octanol–water partition coefficient (Wildman–Crippen LogP) is 7.12.